The lowest BCUT2D eigenvalue weighted by atomic mass is 10.2. The number of benzene rings is 1. The third kappa shape index (κ3) is 3.01. The fourth-order valence-corrected chi connectivity index (χ4v) is 2.34. The summed E-state index contributed by atoms with van der Waals surface area (Å²) in [6.07, 6.45) is 1.08. The molecule has 5 nitrogen and oxygen atoms in total. The first kappa shape index (κ1) is 12.9. The summed E-state index contributed by atoms with van der Waals surface area (Å²) in [4.78, 5) is 13.7. The van der Waals surface area contributed by atoms with Gasteiger partial charge >= 0.3 is 5.76 Å². The molecule has 2 rings (SSSR count). The smallest absolute Gasteiger partial charge is 0.408 e. The predicted octanol–water partition coefficient (Wildman–Crippen LogP) is 2.26. The van der Waals surface area contributed by atoms with E-state index >= 15 is 0 Å². The van der Waals surface area contributed by atoms with Crippen molar-refractivity contribution in [2.24, 2.45) is 0 Å². The van der Waals surface area contributed by atoms with E-state index in [1.165, 1.54) is 0 Å². The van der Waals surface area contributed by atoms with Gasteiger partial charge in [-0.2, -0.15) is 11.8 Å². The van der Waals surface area contributed by atoms with Gasteiger partial charge in [-0.05, 0) is 24.0 Å². The van der Waals surface area contributed by atoms with Crippen LogP contribution in [-0.4, -0.2) is 23.0 Å². The SMILES string of the molecule is CCSCCCNc1cc2[nH]c(=O)oc2cc1N. The fraction of sp³-hybridized carbons (Fsp3) is 0.417. The average molecular weight is 267 g/mol. The van der Waals surface area contributed by atoms with Gasteiger partial charge in [0, 0.05) is 12.6 Å². The van der Waals surface area contributed by atoms with E-state index in [9.17, 15) is 4.79 Å². The van der Waals surface area contributed by atoms with Crippen molar-refractivity contribution in [3.8, 4) is 0 Å². The maximum Gasteiger partial charge on any atom is 0.417 e. The van der Waals surface area contributed by atoms with Crippen molar-refractivity contribution < 1.29 is 4.42 Å². The van der Waals surface area contributed by atoms with E-state index in [0.717, 1.165) is 30.2 Å². The van der Waals surface area contributed by atoms with E-state index < -0.39 is 5.76 Å². The van der Waals surface area contributed by atoms with Crippen LogP contribution in [0.4, 0.5) is 11.4 Å². The van der Waals surface area contributed by atoms with Gasteiger partial charge in [0.15, 0.2) is 5.58 Å². The van der Waals surface area contributed by atoms with Crippen molar-refractivity contribution in [1.29, 1.82) is 0 Å². The summed E-state index contributed by atoms with van der Waals surface area (Å²) < 4.78 is 4.94. The molecule has 0 aliphatic heterocycles. The molecule has 0 radical (unpaired) electrons. The molecule has 0 unspecified atom stereocenters. The van der Waals surface area contributed by atoms with E-state index in [4.69, 9.17) is 10.2 Å². The van der Waals surface area contributed by atoms with Crippen LogP contribution < -0.4 is 16.8 Å². The molecule has 1 heterocycles. The number of hydrogen-bond donors (Lipinski definition) is 3. The molecule has 0 spiro atoms. The lowest BCUT2D eigenvalue weighted by molar-refractivity contribution is 0.555. The van der Waals surface area contributed by atoms with Gasteiger partial charge in [0.1, 0.15) is 0 Å². The number of rotatable bonds is 6. The molecule has 0 aliphatic rings. The van der Waals surface area contributed by atoms with E-state index in [1.807, 2.05) is 17.8 Å². The van der Waals surface area contributed by atoms with Crippen LogP contribution >= 0.6 is 11.8 Å². The van der Waals surface area contributed by atoms with Crippen LogP contribution in [0.25, 0.3) is 11.1 Å². The van der Waals surface area contributed by atoms with Gasteiger partial charge in [0.05, 0.1) is 16.9 Å². The predicted molar refractivity (Wildman–Crippen MR) is 77.4 cm³/mol. The Kier molecular flexibility index (Phi) is 4.19. The largest absolute Gasteiger partial charge is 0.417 e. The highest BCUT2D eigenvalue weighted by Gasteiger charge is 2.06. The number of aromatic amines is 1. The normalized spacial score (nSPS) is 10.9. The van der Waals surface area contributed by atoms with Crippen molar-refractivity contribution in [2.75, 3.05) is 29.1 Å². The number of nitrogens with one attached hydrogen (secondary N) is 2. The molecule has 0 saturated carbocycles. The molecular weight excluding hydrogens is 250 g/mol. The summed E-state index contributed by atoms with van der Waals surface area (Å²) in [5, 5.41) is 3.27. The second kappa shape index (κ2) is 5.86. The Labute approximate surface area is 109 Å². The topological polar surface area (TPSA) is 84.0 Å². The lowest BCUT2D eigenvalue weighted by Gasteiger charge is -2.08. The van der Waals surface area contributed by atoms with E-state index in [1.54, 1.807) is 6.07 Å². The van der Waals surface area contributed by atoms with Gasteiger partial charge in [-0.25, -0.2) is 4.79 Å². The number of anilines is 2. The maximum atomic E-state index is 11.1. The molecule has 4 N–H and O–H groups in total. The third-order valence-electron chi connectivity index (χ3n) is 2.58. The Morgan fingerprint density at radius 3 is 3.11 bits per heavy atom. The fourth-order valence-electron chi connectivity index (χ4n) is 1.71. The molecular formula is C12H17N3O2S. The third-order valence-corrected chi connectivity index (χ3v) is 3.56. The lowest BCUT2D eigenvalue weighted by Crippen LogP contribution is -2.05. The summed E-state index contributed by atoms with van der Waals surface area (Å²) in [5.74, 6) is 1.82. The number of nitrogen functional groups attached to an aromatic ring is 1. The second-order valence-electron chi connectivity index (χ2n) is 3.93. The zero-order valence-corrected chi connectivity index (χ0v) is 11.1. The van der Waals surface area contributed by atoms with E-state index in [2.05, 4.69) is 17.2 Å². The zero-order chi connectivity index (χ0) is 13.0. The number of hydrogen-bond acceptors (Lipinski definition) is 5. The second-order valence-corrected chi connectivity index (χ2v) is 5.32. The van der Waals surface area contributed by atoms with Gasteiger partial charge in [0.25, 0.3) is 0 Å². The van der Waals surface area contributed by atoms with Crippen molar-refractivity contribution >= 4 is 34.2 Å². The van der Waals surface area contributed by atoms with Crippen LogP contribution in [0.2, 0.25) is 0 Å². The highest BCUT2D eigenvalue weighted by Crippen LogP contribution is 2.24. The van der Waals surface area contributed by atoms with Crippen LogP contribution in [0.15, 0.2) is 21.3 Å². The maximum absolute atomic E-state index is 11.1. The summed E-state index contributed by atoms with van der Waals surface area (Å²) in [6, 6.07) is 3.47. The average Bonchev–Trinajstić information content (AvgIpc) is 2.68. The summed E-state index contributed by atoms with van der Waals surface area (Å²) >= 11 is 1.92. The summed E-state index contributed by atoms with van der Waals surface area (Å²) in [5.41, 5.74) is 8.48. The molecule has 2 aromatic rings. The highest BCUT2D eigenvalue weighted by molar-refractivity contribution is 7.99. The van der Waals surface area contributed by atoms with Gasteiger partial charge in [-0.3, -0.25) is 4.98 Å². The minimum absolute atomic E-state index is 0.458. The number of nitrogens with two attached hydrogens (primary N) is 1. The Morgan fingerprint density at radius 1 is 1.50 bits per heavy atom. The molecule has 0 saturated heterocycles. The monoisotopic (exact) mass is 267 g/mol. The molecule has 0 bridgehead atoms. The number of oxazole rings is 1. The van der Waals surface area contributed by atoms with Crippen LogP contribution in [-0.2, 0) is 0 Å². The van der Waals surface area contributed by atoms with E-state index in [-0.39, 0.29) is 0 Å². The van der Waals surface area contributed by atoms with Crippen LogP contribution in [0.5, 0.6) is 0 Å². The number of H-pyrrole nitrogens is 1. The molecule has 1 aromatic carbocycles. The highest BCUT2D eigenvalue weighted by atomic mass is 32.2. The first-order chi connectivity index (χ1) is 8.70. The minimum Gasteiger partial charge on any atom is -0.408 e. The Bertz CT molecular complexity index is 576. The first-order valence-electron chi connectivity index (χ1n) is 5.94. The van der Waals surface area contributed by atoms with Crippen LogP contribution in [0, 0.1) is 0 Å². The van der Waals surface area contributed by atoms with Crippen molar-refractivity contribution in [2.45, 2.75) is 13.3 Å². The Morgan fingerprint density at radius 2 is 2.33 bits per heavy atom. The van der Waals surface area contributed by atoms with Gasteiger partial charge < -0.3 is 15.5 Å². The van der Waals surface area contributed by atoms with Crippen molar-refractivity contribution in [3.63, 3.8) is 0 Å². The molecule has 0 fully saturated rings. The van der Waals surface area contributed by atoms with E-state index in [0.29, 0.717) is 16.8 Å². The molecule has 1 aromatic heterocycles. The first-order valence-corrected chi connectivity index (χ1v) is 7.10. The molecule has 0 aliphatic carbocycles. The van der Waals surface area contributed by atoms with Gasteiger partial charge in [-0.1, -0.05) is 6.92 Å². The molecule has 0 amide bonds. The molecule has 0 atom stereocenters. The number of aromatic nitrogens is 1. The number of thioether (sulfide) groups is 1. The van der Waals surface area contributed by atoms with Gasteiger partial charge in [0.2, 0.25) is 0 Å². The summed E-state index contributed by atoms with van der Waals surface area (Å²) in [6.45, 7) is 3.02. The summed E-state index contributed by atoms with van der Waals surface area (Å²) in [7, 11) is 0. The van der Waals surface area contributed by atoms with Gasteiger partial charge in [-0.15, -0.1) is 0 Å². The molecule has 98 valence electrons. The van der Waals surface area contributed by atoms with Crippen LogP contribution in [0.3, 0.4) is 0 Å². The quantitative estimate of drug-likeness (QED) is 0.552. The standard InChI is InChI=1S/C12H17N3O2S/c1-2-18-5-3-4-14-9-7-10-11(6-8(9)13)17-12(16)15-10/h6-7,14H,2-5,13H2,1H3,(H,15,16). The number of fused-ring (bicyclic) bond motifs is 1. The van der Waals surface area contributed by atoms with Crippen LogP contribution in [0.1, 0.15) is 13.3 Å². The molecule has 18 heavy (non-hydrogen) atoms. The zero-order valence-electron chi connectivity index (χ0n) is 10.3. The van der Waals surface area contributed by atoms with Crippen molar-refractivity contribution in [3.05, 3.63) is 22.7 Å². The Hall–Kier alpha value is -1.56. The molecule has 6 heteroatoms. The Balaban J connectivity index is 2.03. The van der Waals surface area contributed by atoms with Crippen molar-refractivity contribution in [1.82, 2.24) is 4.98 Å². The minimum atomic E-state index is -0.458.